The van der Waals surface area contributed by atoms with Crippen LogP contribution in [-0.2, 0) is 9.59 Å². The summed E-state index contributed by atoms with van der Waals surface area (Å²) in [6.45, 7) is 0. The van der Waals surface area contributed by atoms with E-state index in [0.717, 1.165) is 19.3 Å². The first-order valence-corrected chi connectivity index (χ1v) is 7.27. The van der Waals surface area contributed by atoms with E-state index in [0.29, 0.717) is 17.5 Å². The Morgan fingerprint density at radius 2 is 1.52 bits per heavy atom. The van der Waals surface area contributed by atoms with Crippen molar-refractivity contribution in [1.82, 2.24) is 0 Å². The second-order valence-corrected chi connectivity index (χ2v) is 6.23. The minimum Gasteiger partial charge on any atom is -0.545 e. The van der Waals surface area contributed by atoms with Crippen LogP contribution in [0.15, 0.2) is 24.3 Å². The molecule has 5 nitrogen and oxygen atoms in total. The number of carboxylic acid groups (broad SMARTS) is 1. The van der Waals surface area contributed by atoms with Crippen molar-refractivity contribution >= 4 is 23.5 Å². The fourth-order valence-corrected chi connectivity index (χ4v) is 4.41. The van der Waals surface area contributed by atoms with E-state index in [1.165, 1.54) is 29.2 Å². The second kappa shape index (κ2) is 4.16. The molecule has 3 fully saturated rings. The number of carbonyl (C=O) groups is 3. The van der Waals surface area contributed by atoms with E-state index in [-0.39, 0.29) is 29.2 Å². The third-order valence-electron chi connectivity index (χ3n) is 5.29. The molecule has 2 amide bonds. The number of nitrogens with zero attached hydrogens (tertiary/aromatic N) is 1. The van der Waals surface area contributed by atoms with Crippen LogP contribution in [0.1, 0.15) is 29.6 Å². The molecule has 2 aliphatic carbocycles. The van der Waals surface area contributed by atoms with Gasteiger partial charge in [-0.25, -0.2) is 0 Å². The predicted molar refractivity (Wildman–Crippen MR) is 71.1 cm³/mol. The fraction of sp³-hybridized carbons (Fsp3) is 0.438. The Morgan fingerprint density at radius 1 is 1.00 bits per heavy atom. The van der Waals surface area contributed by atoms with Gasteiger partial charge in [-0.3, -0.25) is 14.5 Å². The van der Waals surface area contributed by atoms with Crippen LogP contribution in [0.2, 0.25) is 0 Å². The Morgan fingerprint density at radius 3 is 2.00 bits per heavy atom. The number of carboxylic acids is 1. The molecule has 0 radical (unpaired) electrons. The molecule has 0 N–H and O–H groups in total. The highest BCUT2D eigenvalue weighted by molar-refractivity contribution is 6.22. The van der Waals surface area contributed by atoms with Gasteiger partial charge in [0, 0.05) is 0 Å². The lowest BCUT2D eigenvalue weighted by molar-refractivity contribution is -0.255. The van der Waals surface area contributed by atoms with Crippen LogP contribution in [0.4, 0.5) is 5.69 Å². The summed E-state index contributed by atoms with van der Waals surface area (Å²) in [4.78, 5) is 37.2. The summed E-state index contributed by atoms with van der Waals surface area (Å²) >= 11 is 0. The highest BCUT2D eigenvalue weighted by Crippen LogP contribution is 2.56. The van der Waals surface area contributed by atoms with Crippen LogP contribution in [-0.4, -0.2) is 17.8 Å². The lowest BCUT2D eigenvalue weighted by atomic mass is 9.81. The monoisotopic (exact) mass is 284 g/mol. The number of rotatable bonds is 2. The van der Waals surface area contributed by atoms with Crippen LogP contribution in [0.5, 0.6) is 0 Å². The average molecular weight is 284 g/mol. The summed E-state index contributed by atoms with van der Waals surface area (Å²) in [7, 11) is 0. The first-order chi connectivity index (χ1) is 10.1. The molecule has 2 saturated carbocycles. The van der Waals surface area contributed by atoms with Crippen LogP contribution >= 0.6 is 0 Å². The summed E-state index contributed by atoms with van der Waals surface area (Å²) in [6, 6.07) is 5.75. The van der Waals surface area contributed by atoms with Gasteiger partial charge in [-0.05, 0) is 48.8 Å². The number of amides is 2. The largest absolute Gasteiger partial charge is 0.545 e. The average Bonchev–Trinajstić information content (AvgIpc) is 3.13. The standard InChI is InChI=1S/C16H15NO4/c18-14-12-9-1-2-10(7-9)13(12)15(19)17(14)11-5-3-8(4-6-11)16(20)21/h3-6,9-10,12-13H,1-2,7H2,(H,20,21)/p-1/t9-,10-,12-,13+/m0/s1. The van der Waals surface area contributed by atoms with E-state index in [4.69, 9.17) is 0 Å². The van der Waals surface area contributed by atoms with E-state index in [1.807, 2.05) is 0 Å². The van der Waals surface area contributed by atoms with Crippen LogP contribution in [0.25, 0.3) is 0 Å². The third kappa shape index (κ3) is 1.60. The van der Waals surface area contributed by atoms with Gasteiger partial charge in [-0.15, -0.1) is 0 Å². The Labute approximate surface area is 121 Å². The zero-order valence-electron chi connectivity index (χ0n) is 11.3. The molecule has 1 saturated heterocycles. The van der Waals surface area contributed by atoms with Crippen LogP contribution < -0.4 is 10.0 Å². The van der Waals surface area contributed by atoms with Crippen molar-refractivity contribution in [3.8, 4) is 0 Å². The lowest BCUT2D eigenvalue weighted by Gasteiger charge is -2.19. The molecule has 4 rings (SSSR count). The molecule has 21 heavy (non-hydrogen) atoms. The molecule has 4 atom stereocenters. The van der Waals surface area contributed by atoms with Gasteiger partial charge >= 0.3 is 0 Å². The number of benzene rings is 1. The number of hydrogen-bond acceptors (Lipinski definition) is 4. The van der Waals surface area contributed by atoms with E-state index in [1.54, 1.807) is 0 Å². The summed E-state index contributed by atoms with van der Waals surface area (Å²) < 4.78 is 0. The van der Waals surface area contributed by atoms with E-state index in [9.17, 15) is 19.5 Å². The number of hydrogen-bond donors (Lipinski definition) is 0. The maximum atomic E-state index is 12.6. The summed E-state index contributed by atoms with van der Waals surface area (Å²) in [5.41, 5.74) is 0.502. The topological polar surface area (TPSA) is 77.5 Å². The fourth-order valence-electron chi connectivity index (χ4n) is 4.41. The molecule has 1 aromatic rings. The molecule has 108 valence electrons. The van der Waals surface area contributed by atoms with Crippen molar-refractivity contribution in [1.29, 1.82) is 0 Å². The summed E-state index contributed by atoms with van der Waals surface area (Å²) in [5, 5.41) is 10.8. The second-order valence-electron chi connectivity index (χ2n) is 6.23. The van der Waals surface area contributed by atoms with Gasteiger partial charge in [0.2, 0.25) is 11.8 Å². The Kier molecular flexibility index (Phi) is 2.49. The molecule has 1 aliphatic heterocycles. The first kappa shape index (κ1) is 12.6. The minimum atomic E-state index is -1.27. The van der Waals surface area contributed by atoms with Crippen molar-refractivity contribution in [2.45, 2.75) is 19.3 Å². The molecule has 0 aromatic heterocycles. The number of carbonyl (C=O) groups excluding carboxylic acids is 3. The van der Waals surface area contributed by atoms with Gasteiger partial charge in [-0.1, -0.05) is 12.1 Å². The maximum Gasteiger partial charge on any atom is 0.237 e. The number of imide groups is 1. The van der Waals surface area contributed by atoms with Gasteiger partial charge in [0.05, 0.1) is 23.5 Å². The Bertz CT molecular complexity index is 623. The van der Waals surface area contributed by atoms with Gasteiger partial charge in [-0.2, -0.15) is 0 Å². The Hall–Kier alpha value is -2.17. The van der Waals surface area contributed by atoms with E-state index < -0.39 is 5.97 Å². The van der Waals surface area contributed by atoms with Gasteiger partial charge in [0.25, 0.3) is 0 Å². The first-order valence-electron chi connectivity index (χ1n) is 7.27. The SMILES string of the molecule is O=C([O-])c1ccc(N2C(=O)[C@@H]3[C@H]4CC[C@@H](C4)[C@@H]3C2=O)cc1. The molecule has 1 heterocycles. The van der Waals surface area contributed by atoms with Crippen molar-refractivity contribution in [3.05, 3.63) is 29.8 Å². The van der Waals surface area contributed by atoms with Crippen molar-refractivity contribution in [3.63, 3.8) is 0 Å². The molecule has 1 aromatic carbocycles. The zero-order valence-corrected chi connectivity index (χ0v) is 11.3. The van der Waals surface area contributed by atoms with Gasteiger partial charge < -0.3 is 9.90 Å². The van der Waals surface area contributed by atoms with Crippen LogP contribution in [0, 0.1) is 23.7 Å². The highest BCUT2D eigenvalue weighted by atomic mass is 16.4. The zero-order chi connectivity index (χ0) is 14.7. The molecule has 3 aliphatic rings. The molecule has 5 heteroatoms. The summed E-state index contributed by atoms with van der Waals surface area (Å²) in [6.07, 6.45) is 3.09. The maximum absolute atomic E-state index is 12.6. The molecular weight excluding hydrogens is 270 g/mol. The minimum absolute atomic E-state index is 0.0399. The molecule has 2 bridgehead atoms. The van der Waals surface area contributed by atoms with E-state index >= 15 is 0 Å². The normalized spacial score (nSPS) is 33.6. The number of fused-ring (bicyclic) bond motifs is 5. The quantitative estimate of drug-likeness (QED) is 0.744. The predicted octanol–water partition coefficient (Wildman–Crippen LogP) is 0.586. The third-order valence-corrected chi connectivity index (χ3v) is 5.29. The van der Waals surface area contributed by atoms with Gasteiger partial charge in [0.1, 0.15) is 0 Å². The molecule has 0 spiro atoms. The molecular formula is C16H14NO4-. The van der Waals surface area contributed by atoms with Crippen LogP contribution in [0.3, 0.4) is 0 Å². The number of anilines is 1. The van der Waals surface area contributed by atoms with E-state index in [2.05, 4.69) is 0 Å². The summed E-state index contributed by atoms with van der Waals surface area (Å²) in [5.74, 6) is -1.10. The number of aromatic carboxylic acids is 1. The van der Waals surface area contributed by atoms with Crippen molar-refractivity contribution < 1.29 is 19.5 Å². The molecule has 0 unspecified atom stereocenters. The highest BCUT2D eigenvalue weighted by Gasteiger charge is 2.61. The van der Waals surface area contributed by atoms with Gasteiger partial charge in [0.15, 0.2) is 0 Å². The smallest absolute Gasteiger partial charge is 0.237 e. The lowest BCUT2D eigenvalue weighted by Crippen LogP contribution is -2.32. The van der Waals surface area contributed by atoms with Crippen molar-refractivity contribution in [2.75, 3.05) is 4.90 Å². The Balaban J connectivity index is 1.68. The van der Waals surface area contributed by atoms with Crippen molar-refractivity contribution in [2.24, 2.45) is 23.7 Å².